The number of nitrogens with one attached hydrogen (secondary N) is 1. The molecule has 0 aliphatic carbocycles. The van der Waals surface area contributed by atoms with Gasteiger partial charge in [-0.05, 0) is 51.4 Å². The van der Waals surface area contributed by atoms with Crippen molar-refractivity contribution >= 4 is 16.3 Å². The number of rotatable bonds is 65. The maximum Gasteiger partial charge on any atom is 0.397 e. The Balaban J connectivity index is 2.17. The summed E-state index contributed by atoms with van der Waals surface area (Å²) in [5.41, 5.74) is 0. The van der Waals surface area contributed by atoms with Crippen molar-refractivity contribution in [2.45, 2.75) is 403 Å². The minimum Gasteiger partial charge on any atom is -0.394 e. The van der Waals surface area contributed by atoms with Crippen LogP contribution in [-0.4, -0.2) is 95.4 Å². The fraction of sp³-hybridized carbons (Fsp3) is 0.903. The average Bonchev–Trinajstić information content (AvgIpc) is 3.31. The maximum absolute atomic E-state index is 13.2. The molecule has 6 N–H and O–H groups in total. The van der Waals surface area contributed by atoms with Crippen molar-refractivity contribution in [1.82, 2.24) is 5.32 Å². The number of ether oxygens (including phenoxy) is 2. The van der Waals surface area contributed by atoms with Gasteiger partial charge in [0.15, 0.2) is 6.29 Å². The lowest BCUT2D eigenvalue weighted by atomic mass is 9.99. The number of hydrogen-bond acceptors (Lipinski definition) is 10. The summed E-state index contributed by atoms with van der Waals surface area (Å²) in [6.45, 7) is 3.45. The Hall–Kier alpha value is -1.68. The Morgan fingerprint density at radius 1 is 0.471 bits per heavy atom. The molecule has 0 aromatic rings. The van der Waals surface area contributed by atoms with Crippen molar-refractivity contribution in [3.05, 3.63) is 36.5 Å². The highest BCUT2D eigenvalue weighted by Gasteiger charge is 2.48. The first-order valence-corrected chi connectivity index (χ1v) is 37.7. The van der Waals surface area contributed by atoms with E-state index in [2.05, 4.69) is 47.7 Å². The van der Waals surface area contributed by atoms with Gasteiger partial charge in [-0.15, -0.1) is 0 Å². The molecular weight excluding hydrogens is 1090 g/mol. The second kappa shape index (κ2) is 61.2. The SMILES string of the molecule is CCCCCCCCCCCCCCCCC/C=C\C/C=C\CCCCCCCCCCCCCCCCCCCC(=O)NC(COC1OC(CO)C(O)C(OS(=O)(=O)O)C1O)C(O)/C=C/CCCCCCCCCCCCCCCCCCC. The van der Waals surface area contributed by atoms with Crippen LogP contribution in [-0.2, 0) is 28.9 Å². The molecule has 85 heavy (non-hydrogen) atoms. The lowest BCUT2D eigenvalue weighted by Gasteiger charge is -2.41. The molecule has 1 aliphatic heterocycles. The molecule has 1 rings (SSSR count). The molecule has 1 aliphatic rings. The number of unbranched alkanes of at least 4 members (excludes halogenated alkanes) is 49. The molecule has 12 nitrogen and oxygen atoms in total. The van der Waals surface area contributed by atoms with Crippen LogP contribution in [0.1, 0.15) is 361 Å². The Morgan fingerprint density at radius 3 is 1.12 bits per heavy atom. The third kappa shape index (κ3) is 52.8. The predicted octanol–water partition coefficient (Wildman–Crippen LogP) is 19.2. The van der Waals surface area contributed by atoms with Crippen molar-refractivity contribution in [1.29, 1.82) is 0 Å². The molecular formula is C72H137NO11S. The summed E-state index contributed by atoms with van der Waals surface area (Å²) < 4.78 is 48.0. The summed E-state index contributed by atoms with van der Waals surface area (Å²) in [7, 11) is -5.09. The lowest BCUT2D eigenvalue weighted by Crippen LogP contribution is -2.61. The number of carbonyl (C=O) groups is 1. The average molecular weight is 1220 g/mol. The zero-order valence-corrected chi connectivity index (χ0v) is 56.0. The highest BCUT2D eigenvalue weighted by atomic mass is 32.3. The van der Waals surface area contributed by atoms with Crippen LogP contribution in [0.25, 0.3) is 0 Å². The van der Waals surface area contributed by atoms with Crippen LogP contribution in [0.3, 0.4) is 0 Å². The molecule has 0 saturated carbocycles. The number of allylic oxidation sites excluding steroid dienone is 5. The number of aliphatic hydroxyl groups excluding tert-OH is 4. The van der Waals surface area contributed by atoms with Crippen molar-refractivity contribution in [2.75, 3.05) is 13.2 Å². The highest BCUT2D eigenvalue weighted by molar-refractivity contribution is 7.80. The molecule has 7 atom stereocenters. The van der Waals surface area contributed by atoms with Gasteiger partial charge in [0.2, 0.25) is 5.91 Å². The van der Waals surface area contributed by atoms with Gasteiger partial charge in [-0.2, -0.15) is 8.42 Å². The van der Waals surface area contributed by atoms with Crippen LogP contribution in [0.5, 0.6) is 0 Å². The van der Waals surface area contributed by atoms with E-state index in [4.69, 9.17) is 9.47 Å². The summed E-state index contributed by atoms with van der Waals surface area (Å²) in [6.07, 6.45) is 72.4. The van der Waals surface area contributed by atoms with E-state index in [9.17, 15) is 38.2 Å². The van der Waals surface area contributed by atoms with Gasteiger partial charge >= 0.3 is 10.4 Å². The Morgan fingerprint density at radius 2 is 0.788 bits per heavy atom. The van der Waals surface area contributed by atoms with Crippen LogP contribution < -0.4 is 5.32 Å². The second-order valence-corrected chi connectivity index (χ2v) is 26.6. The summed E-state index contributed by atoms with van der Waals surface area (Å²) in [5, 5.41) is 45.1. The van der Waals surface area contributed by atoms with E-state index in [0.29, 0.717) is 6.42 Å². The van der Waals surface area contributed by atoms with Crippen LogP contribution in [0.4, 0.5) is 0 Å². The standard InChI is InChI=1S/C72H137NO11S/c1-3-5-7-9-11-13-15-17-19-21-23-24-25-26-27-28-29-30-31-32-33-34-35-36-37-38-39-40-41-42-44-46-48-50-52-54-56-58-60-62-68(76)73-65(64-82-72-70(78)71(84-85(79,80)81)69(77)67(63-74)83-72)66(75)61-59-57-55-53-51-49-47-45-43-22-20-18-16-14-12-10-8-6-4-2/h29-30,32-33,59,61,65-67,69-72,74-75,77-78H,3-28,31,34-58,60,62-64H2,1-2H3,(H,73,76)(H,79,80,81)/b30-29-,33-32-,61-59+. The fourth-order valence-electron chi connectivity index (χ4n) is 11.8. The molecule has 7 unspecified atom stereocenters. The topological polar surface area (TPSA) is 192 Å². The molecule has 502 valence electrons. The molecule has 1 fully saturated rings. The van der Waals surface area contributed by atoms with Gasteiger partial charge in [-0.25, -0.2) is 4.18 Å². The zero-order chi connectivity index (χ0) is 61.8. The Bertz CT molecular complexity index is 1630. The Kier molecular flexibility index (Phi) is 58.6. The predicted molar refractivity (Wildman–Crippen MR) is 356 cm³/mol. The van der Waals surface area contributed by atoms with Gasteiger partial charge in [-0.3, -0.25) is 9.35 Å². The molecule has 1 heterocycles. The zero-order valence-electron chi connectivity index (χ0n) is 55.2. The normalized spacial score (nSPS) is 18.4. The van der Waals surface area contributed by atoms with Gasteiger partial charge < -0.3 is 35.2 Å². The van der Waals surface area contributed by atoms with E-state index < -0.39 is 59.9 Å². The van der Waals surface area contributed by atoms with Crippen LogP contribution in [0, 0.1) is 0 Å². The number of aliphatic hydroxyl groups is 4. The van der Waals surface area contributed by atoms with Crippen molar-refractivity contribution in [2.24, 2.45) is 0 Å². The van der Waals surface area contributed by atoms with E-state index >= 15 is 0 Å². The molecule has 0 radical (unpaired) electrons. The molecule has 0 aromatic heterocycles. The first-order chi connectivity index (χ1) is 41.5. The summed E-state index contributed by atoms with van der Waals surface area (Å²) in [5.74, 6) is -0.257. The third-order valence-electron chi connectivity index (χ3n) is 17.4. The number of hydrogen-bond donors (Lipinski definition) is 6. The molecule has 1 amide bonds. The summed E-state index contributed by atoms with van der Waals surface area (Å²) >= 11 is 0. The van der Waals surface area contributed by atoms with Gasteiger partial charge in [0, 0.05) is 6.42 Å². The van der Waals surface area contributed by atoms with Crippen LogP contribution in [0.2, 0.25) is 0 Å². The van der Waals surface area contributed by atoms with E-state index in [0.717, 1.165) is 44.9 Å². The fourth-order valence-corrected chi connectivity index (χ4v) is 12.4. The van der Waals surface area contributed by atoms with Gasteiger partial charge in [0.1, 0.15) is 24.4 Å². The minimum absolute atomic E-state index is 0.257. The largest absolute Gasteiger partial charge is 0.397 e. The first kappa shape index (κ1) is 81.3. The minimum atomic E-state index is -5.09. The number of amides is 1. The maximum atomic E-state index is 13.2. The van der Waals surface area contributed by atoms with E-state index in [1.165, 1.54) is 289 Å². The van der Waals surface area contributed by atoms with Crippen molar-refractivity contribution < 1.29 is 51.8 Å². The van der Waals surface area contributed by atoms with Crippen LogP contribution >= 0.6 is 0 Å². The monoisotopic (exact) mass is 1220 g/mol. The second-order valence-electron chi connectivity index (χ2n) is 25.5. The third-order valence-corrected chi connectivity index (χ3v) is 17.9. The summed E-state index contributed by atoms with van der Waals surface area (Å²) in [6, 6.07) is -0.945. The highest BCUT2D eigenvalue weighted by Crippen LogP contribution is 2.26. The van der Waals surface area contributed by atoms with Crippen molar-refractivity contribution in [3.63, 3.8) is 0 Å². The first-order valence-electron chi connectivity index (χ1n) is 36.4. The van der Waals surface area contributed by atoms with Crippen molar-refractivity contribution in [3.8, 4) is 0 Å². The molecule has 0 aromatic carbocycles. The van der Waals surface area contributed by atoms with E-state index in [1.54, 1.807) is 6.08 Å². The Labute approximate surface area is 524 Å². The van der Waals surface area contributed by atoms with Gasteiger partial charge in [0.05, 0.1) is 25.4 Å². The lowest BCUT2D eigenvalue weighted by molar-refractivity contribution is -0.298. The van der Waals surface area contributed by atoms with E-state index in [-0.39, 0.29) is 18.9 Å². The smallest absolute Gasteiger partial charge is 0.394 e. The molecule has 1 saturated heterocycles. The molecule has 0 bridgehead atoms. The molecule has 13 heteroatoms. The van der Waals surface area contributed by atoms with E-state index in [1.807, 2.05) is 6.08 Å². The number of carbonyl (C=O) groups excluding carboxylic acids is 1. The molecule has 0 spiro atoms. The summed E-state index contributed by atoms with van der Waals surface area (Å²) in [4.78, 5) is 13.2. The van der Waals surface area contributed by atoms with Gasteiger partial charge in [0.25, 0.3) is 0 Å². The van der Waals surface area contributed by atoms with Crippen LogP contribution in [0.15, 0.2) is 36.5 Å². The quantitative estimate of drug-likeness (QED) is 0.0193. The van der Waals surface area contributed by atoms with Gasteiger partial charge in [-0.1, -0.05) is 339 Å².